The molecule has 0 radical (unpaired) electrons. The SMILES string of the molecule is C[C@H](NC(=O)COC(=O)/C=C/c1ccc2c(c1)OCO2)c1ccc2c(c1)CCCC2. The molecule has 1 amide bonds. The van der Waals surface area contributed by atoms with Crippen LogP contribution in [0.2, 0.25) is 0 Å². The minimum absolute atomic E-state index is 0.146. The van der Waals surface area contributed by atoms with Crippen molar-refractivity contribution in [3.63, 3.8) is 0 Å². The summed E-state index contributed by atoms with van der Waals surface area (Å²) < 4.78 is 15.6. The third-order valence-electron chi connectivity index (χ3n) is 5.40. The number of amides is 1. The molecule has 2 aromatic carbocycles. The van der Waals surface area contributed by atoms with Gasteiger partial charge < -0.3 is 19.5 Å². The van der Waals surface area contributed by atoms with Crippen LogP contribution < -0.4 is 14.8 Å². The Balaban J connectivity index is 1.25. The van der Waals surface area contributed by atoms with E-state index in [0.717, 1.165) is 24.0 Å². The maximum atomic E-state index is 12.2. The van der Waals surface area contributed by atoms with Gasteiger partial charge >= 0.3 is 5.97 Å². The number of hydrogen-bond acceptors (Lipinski definition) is 5. The van der Waals surface area contributed by atoms with Gasteiger partial charge in [0.25, 0.3) is 5.91 Å². The van der Waals surface area contributed by atoms with E-state index in [1.165, 1.54) is 30.0 Å². The Hall–Kier alpha value is -3.28. The second kappa shape index (κ2) is 9.03. The van der Waals surface area contributed by atoms with Crippen LogP contribution in [0.4, 0.5) is 0 Å². The van der Waals surface area contributed by atoms with Crippen LogP contribution in [-0.4, -0.2) is 25.3 Å². The average molecular weight is 407 g/mol. The molecular weight excluding hydrogens is 382 g/mol. The molecular formula is C24H25NO5. The smallest absolute Gasteiger partial charge is 0.331 e. The average Bonchev–Trinajstić information content (AvgIpc) is 3.23. The first-order chi connectivity index (χ1) is 14.6. The van der Waals surface area contributed by atoms with Crippen molar-refractivity contribution in [3.8, 4) is 11.5 Å². The zero-order valence-corrected chi connectivity index (χ0v) is 17.0. The summed E-state index contributed by atoms with van der Waals surface area (Å²) in [5.74, 6) is 0.412. The Bertz CT molecular complexity index is 982. The largest absolute Gasteiger partial charge is 0.454 e. The number of ether oxygens (including phenoxy) is 3. The van der Waals surface area contributed by atoms with E-state index in [4.69, 9.17) is 14.2 Å². The summed E-state index contributed by atoms with van der Waals surface area (Å²) in [4.78, 5) is 24.1. The van der Waals surface area contributed by atoms with Gasteiger partial charge in [-0.1, -0.05) is 24.3 Å². The molecule has 156 valence electrons. The van der Waals surface area contributed by atoms with Crippen LogP contribution in [0.1, 0.15) is 48.1 Å². The zero-order valence-electron chi connectivity index (χ0n) is 17.0. The van der Waals surface area contributed by atoms with Crippen molar-refractivity contribution in [2.75, 3.05) is 13.4 Å². The molecule has 0 unspecified atom stereocenters. The van der Waals surface area contributed by atoms with Crippen molar-refractivity contribution in [2.24, 2.45) is 0 Å². The normalized spacial score (nSPS) is 15.5. The quantitative estimate of drug-likeness (QED) is 0.584. The monoisotopic (exact) mass is 407 g/mol. The second-order valence-electron chi connectivity index (χ2n) is 7.58. The van der Waals surface area contributed by atoms with E-state index in [-0.39, 0.29) is 25.3 Å². The van der Waals surface area contributed by atoms with E-state index in [1.54, 1.807) is 18.2 Å². The van der Waals surface area contributed by atoms with Crippen LogP contribution in [0.3, 0.4) is 0 Å². The highest BCUT2D eigenvalue weighted by molar-refractivity contribution is 5.89. The highest BCUT2D eigenvalue weighted by Gasteiger charge is 2.15. The van der Waals surface area contributed by atoms with Gasteiger partial charge in [-0.2, -0.15) is 0 Å². The van der Waals surface area contributed by atoms with Crippen LogP contribution in [0, 0.1) is 0 Å². The van der Waals surface area contributed by atoms with Crippen molar-refractivity contribution >= 4 is 18.0 Å². The number of carbonyl (C=O) groups excluding carboxylic acids is 2. The summed E-state index contributed by atoms with van der Waals surface area (Å²) in [6, 6.07) is 11.6. The van der Waals surface area contributed by atoms with Crippen LogP contribution in [0.25, 0.3) is 6.08 Å². The molecule has 6 heteroatoms. The van der Waals surface area contributed by atoms with Gasteiger partial charge in [0.05, 0.1) is 6.04 Å². The van der Waals surface area contributed by atoms with Gasteiger partial charge in [0, 0.05) is 6.08 Å². The zero-order chi connectivity index (χ0) is 20.9. The lowest BCUT2D eigenvalue weighted by Crippen LogP contribution is -2.31. The van der Waals surface area contributed by atoms with Crippen molar-refractivity contribution in [1.29, 1.82) is 0 Å². The third-order valence-corrected chi connectivity index (χ3v) is 5.40. The summed E-state index contributed by atoms with van der Waals surface area (Å²) in [5, 5.41) is 2.89. The summed E-state index contributed by atoms with van der Waals surface area (Å²) in [5.41, 5.74) is 4.63. The summed E-state index contributed by atoms with van der Waals surface area (Å²) in [7, 11) is 0. The van der Waals surface area contributed by atoms with Crippen LogP contribution >= 0.6 is 0 Å². The molecule has 0 saturated heterocycles. The third kappa shape index (κ3) is 4.82. The minimum Gasteiger partial charge on any atom is -0.454 e. The lowest BCUT2D eigenvalue weighted by molar-refractivity contribution is -0.144. The van der Waals surface area contributed by atoms with Crippen LogP contribution in [0.15, 0.2) is 42.5 Å². The molecule has 1 aliphatic heterocycles. The van der Waals surface area contributed by atoms with Crippen LogP contribution in [0.5, 0.6) is 11.5 Å². The predicted octanol–water partition coefficient (Wildman–Crippen LogP) is 3.73. The van der Waals surface area contributed by atoms with E-state index in [9.17, 15) is 9.59 Å². The molecule has 30 heavy (non-hydrogen) atoms. The number of esters is 1. The molecule has 2 aromatic rings. The van der Waals surface area contributed by atoms with Crippen molar-refractivity contribution < 1.29 is 23.8 Å². The van der Waals surface area contributed by atoms with E-state index in [1.807, 2.05) is 13.0 Å². The van der Waals surface area contributed by atoms with Crippen molar-refractivity contribution in [2.45, 2.75) is 38.6 Å². The van der Waals surface area contributed by atoms with Gasteiger partial charge in [0.2, 0.25) is 6.79 Å². The Kier molecular flexibility index (Phi) is 6.02. The maximum Gasteiger partial charge on any atom is 0.331 e. The fourth-order valence-corrected chi connectivity index (χ4v) is 3.76. The second-order valence-corrected chi connectivity index (χ2v) is 7.58. The fraction of sp³-hybridized carbons (Fsp3) is 0.333. The van der Waals surface area contributed by atoms with E-state index in [0.29, 0.717) is 11.5 Å². The predicted molar refractivity (Wildman–Crippen MR) is 112 cm³/mol. The molecule has 1 atom stereocenters. The topological polar surface area (TPSA) is 73.9 Å². The highest BCUT2D eigenvalue weighted by atomic mass is 16.7. The standard InChI is InChI=1S/C24H25NO5/c1-16(19-9-8-18-4-2-3-5-20(18)13-19)25-23(26)14-28-24(27)11-7-17-6-10-21-22(12-17)30-15-29-21/h6-13,16H,2-5,14-15H2,1H3,(H,25,26)/b11-7+/t16-/m0/s1. The molecule has 1 N–H and O–H groups in total. The van der Waals surface area contributed by atoms with Crippen molar-refractivity contribution in [3.05, 3.63) is 64.7 Å². The Morgan fingerprint density at radius 3 is 2.73 bits per heavy atom. The van der Waals surface area contributed by atoms with Gasteiger partial charge in [0.1, 0.15) is 0 Å². The first-order valence-electron chi connectivity index (χ1n) is 10.2. The van der Waals surface area contributed by atoms with Gasteiger partial charge in [-0.25, -0.2) is 4.79 Å². The van der Waals surface area contributed by atoms with Gasteiger partial charge in [-0.15, -0.1) is 0 Å². The Morgan fingerprint density at radius 1 is 1.07 bits per heavy atom. The summed E-state index contributed by atoms with van der Waals surface area (Å²) in [6.07, 6.45) is 7.58. The van der Waals surface area contributed by atoms with Crippen LogP contribution in [-0.2, 0) is 27.2 Å². The molecule has 0 fully saturated rings. The van der Waals surface area contributed by atoms with E-state index >= 15 is 0 Å². The summed E-state index contributed by atoms with van der Waals surface area (Å²) >= 11 is 0. The maximum absolute atomic E-state index is 12.2. The van der Waals surface area contributed by atoms with Gasteiger partial charge in [-0.05, 0) is 73.1 Å². The van der Waals surface area contributed by atoms with Crippen molar-refractivity contribution in [1.82, 2.24) is 5.32 Å². The highest BCUT2D eigenvalue weighted by Crippen LogP contribution is 2.32. The molecule has 1 heterocycles. The van der Waals surface area contributed by atoms with Gasteiger partial charge in [0.15, 0.2) is 18.1 Å². The number of fused-ring (bicyclic) bond motifs is 2. The molecule has 6 nitrogen and oxygen atoms in total. The molecule has 0 aromatic heterocycles. The van der Waals surface area contributed by atoms with E-state index < -0.39 is 5.97 Å². The van der Waals surface area contributed by atoms with E-state index in [2.05, 4.69) is 23.5 Å². The summed E-state index contributed by atoms with van der Waals surface area (Å²) in [6.45, 7) is 1.81. The molecule has 0 spiro atoms. The number of benzene rings is 2. The number of carbonyl (C=O) groups is 2. The Labute approximate surface area is 175 Å². The Morgan fingerprint density at radius 2 is 1.87 bits per heavy atom. The fourth-order valence-electron chi connectivity index (χ4n) is 3.76. The number of aryl methyl sites for hydroxylation is 2. The lowest BCUT2D eigenvalue weighted by atomic mass is 9.89. The molecule has 4 rings (SSSR count). The van der Waals surface area contributed by atoms with Gasteiger partial charge in [-0.3, -0.25) is 4.79 Å². The number of rotatable bonds is 6. The number of hydrogen-bond donors (Lipinski definition) is 1. The first-order valence-corrected chi connectivity index (χ1v) is 10.2. The lowest BCUT2D eigenvalue weighted by Gasteiger charge is -2.20. The molecule has 1 aliphatic carbocycles. The first kappa shape index (κ1) is 20.0. The molecule has 2 aliphatic rings. The number of nitrogens with one attached hydrogen (secondary N) is 1. The molecule has 0 bridgehead atoms. The molecule has 0 saturated carbocycles. The minimum atomic E-state index is -0.579.